The lowest BCUT2D eigenvalue weighted by molar-refractivity contribution is -0.384. The number of nitro groups is 1. The molecule has 0 radical (unpaired) electrons. The van der Waals surface area contributed by atoms with E-state index in [0.717, 1.165) is 0 Å². The van der Waals surface area contributed by atoms with Crippen LogP contribution in [-0.2, 0) is 6.61 Å². The number of aliphatic hydroxyl groups excluding tert-OH is 1. The maximum absolute atomic E-state index is 10.4. The third-order valence-corrected chi connectivity index (χ3v) is 2.79. The average molecular weight is 313 g/mol. The van der Waals surface area contributed by atoms with Gasteiger partial charge in [-0.3, -0.25) is 10.1 Å². The first-order valence-electron chi connectivity index (χ1n) is 3.29. The number of halogens is 2. The van der Waals surface area contributed by atoms with Gasteiger partial charge >= 0.3 is 0 Å². The number of hydrogen-bond donors (Lipinski definition) is 1. The molecule has 6 heteroatoms. The van der Waals surface area contributed by atoms with Gasteiger partial charge < -0.3 is 5.11 Å². The van der Waals surface area contributed by atoms with E-state index in [4.69, 9.17) is 16.7 Å². The quantitative estimate of drug-likeness (QED) is 0.518. The van der Waals surface area contributed by atoms with Crippen molar-refractivity contribution in [2.45, 2.75) is 6.61 Å². The zero-order valence-electron chi connectivity index (χ0n) is 6.33. The lowest BCUT2D eigenvalue weighted by Crippen LogP contribution is -1.94. The highest BCUT2D eigenvalue weighted by Gasteiger charge is 2.14. The standard InChI is InChI=1S/C7H5ClINO3/c8-5-1-4(3-11)6(9)2-7(5)10(12)13/h1-2,11H,3H2. The second-order valence-corrected chi connectivity index (χ2v) is 3.88. The minimum atomic E-state index is -0.550. The number of hydrogen-bond acceptors (Lipinski definition) is 3. The van der Waals surface area contributed by atoms with Crippen LogP contribution in [-0.4, -0.2) is 10.0 Å². The van der Waals surface area contributed by atoms with Gasteiger partial charge in [-0.05, 0) is 34.2 Å². The van der Waals surface area contributed by atoms with E-state index in [-0.39, 0.29) is 17.3 Å². The van der Waals surface area contributed by atoms with Crippen LogP contribution < -0.4 is 0 Å². The molecule has 0 bridgehead atoms. The molecule has 1 aromatic rings. The summed E-state index contributed by atoms with van der Waals surface area (Å²) in [6.45, 7) is -0.171. The van der Waals surface area contributed by atoms with E-state index in [0.29, 0.717) is 9.13 Å². The van der Waals surface area contributed by atoms with E-state index in [1.54, 1.807) is 0 Å². The molecule has 0 saturated heterocycles. The van der Waals surface area contributed by atoms with Gasteiger partial charge in [0.15, 0.2) is 0 Å². The molecule has 0 fully saturated rings. The summed E-state index contributed by atoms with van der Waals surface area (Å²) >= 11 is 7.53. The van der Waals surface area contributed by atoms with Crippen LogP contribution in [0.25, 0.3) is 0 Å². The molecule has 70 valence electrons. The Labute approximate surface area is 92.8 Å². The Balaban J connectivity index is 3.28. The fourth-order valence-electron chi connectivity index (χ4n) is 0.839. The summed E-state index contributed by atoms with van der Waals surface area (Å²) in [6.07, 6.45) is 0. The van der Waals surface area contributed by atoms with Gasteiger partial charge in [0, 0.05) is 9.64 Å². The molecular weight excluding hydrogens is 308 g/mol. The monoisotopic (exact) mass is 313 g/mol. The van der Waals surface area contributed by atoms with E-state index in [1.165, 1.54) is 12.1 Å². The Morgan fingerprint density at radius 2 is 2.23 bits per heavy atom. The second-order valence-electron chi connectivity index (χ2n) is 2.31. The number of nitro benzene ring substituents is 1. The summed E-state index contributed by atoms with van der Waals surface area (Å²) in [7, 11) is 0. The third-order valence-electron chi connectivity index (χ3n) is 1.48. The first-order valence-corrected chi connectivity index (χ1v) is 4.75. The number of benzene rings is 1. The summed E-state index contributed by atoms with van der Waals surface area (Å²) in [5.74, 6) is 0. The van der Waals surface area contributed by atoms with Crippen molar-refractivity contribution >= 4 is 39.9 Å². The molecule has 0 heterocycles. The van der Waals surface area contributed by atoms with Crippen LogP contribution in [0.5, 0.6) is 0 Å². The second kappa shape index (κ2) is 4.21. The van der Waals surface area contributed by atoms with Crippen molar-refractivity contribution in [2.24, 2.45) is 0 Å². The minimum Gasteiger partial charge on any atom is -0.392 e. The van der Waals surface area contributed by atoms with Gasteiger partial charge in [0.2, 0.25) is 0 Å². The lowest BCUT2D eigenvalue weighted by Gasteiger charge is -2.01. The SMILES string of the molecule is O=[N+]([O-])c1cc(I)c(CO)cc1Cl. The Morgan fingerprint density at radius 3 is 2.69 bits per heavy atom. The first kappa shape index (κ1) is 10.7. The summed E-state index contributed by atoms with van der Waals surface area (Å²) in [4.78, 5) is 9.88. The number of nitrogens with zero attached hydrogens (tertiary/aromatic N) is 1. The largest absolute Gasteiger partial charge is 0.392 e. The lowest BCUT2D eigenvalue weighted by atomic mass is 10.2. The van der Waals surface area contributed by atoms with Gasteiger partial charge in [-0.15, -0.1) is 0 Å². The van der Waals surface area contributed by atoms with Crippen molar-refractivity contribution in [3.8, 4) is 0 Å². The first-order chi connectivity index (χ1) is 6.06. The Hall–Kier alpha value is -0.400. The number of aliphatic hydroxyl groups is 1. The molecule has 1 aromatic carbocycles. The van der Waals surface area contributed by atoms with Gasteiger partial charge in [-0.25, -0.2) is 0 Å². The Morgan fingerprint density at radius 1 is 1.62 bits per heavy atom. The molecule has 13 heavy (non-hydrogen) atoms. The van der Waals surface area contributed by atoms with Crippen molar-refractivity contribution in [3.63, 3.8) is 0 Å². The van der Waals surface area contributed by atoms with Gasteiger partial charge in [-0.1, -0.05) is 11.6 Å². The predicted octanol–water partition coefficient (Wildman–Crippen LogP) is 2.35. The molecule has 0 aliphatic heterocycles. The highest BCUT2D eigenvalue weighted by atomic mass is 127. The molecule has 0 aromatic heterocycles. The van der Waals surface area contributed by atoms with Gasteiger partial charge in [0.05, 0.1) is 11.5 Å². The summed E-state index contributed by atoms with van der Waals surface area (Å²) in [5, 5.41) is 19.3. The van der Waals surface area contributed by atoms with Crippen LogP contribution in [0, 0.1) is 13.7 Å². The molecular formula is C7H5ClINO3. The van der Waals surface area contributed by atoms with Crippen molar-refractivity contribution in [3.05, 3.63) is 36.4 Å². The highest BCUT2D eigenvalue weighted by molar-refractivity contribution is 14.1. The normalized spacial score (nSPS) is 10.1. The van der Waals surface area contributed by atoms with Gasteiger partial charge in [-0.2, -0.15) is 0 Å². The van der Waals surface area contributed by atoms with Gasteiger partial charge in [0.1, 0.15) is 5.02 Å². The maximum Gasteiger partial charge on any atom is 0.288 e. The fourth-order valence-corrected chi connectivity index (χ4v) is 1.72. The molecule has 0 aliphatic carbocycles. The molecule has 0 spiro atoms. The Bertz CT molecular complexity index is 356. The smallest absolute Gasteiger partial charge is 0.288 e. The highest BCUT2D eigenvalue weighted by Crippen LogP contribution is 2.28. The Kier molecular flexibility index (Phi) is 3.46. The molecule has 0 amide bonds. The number of rotatable bonds is 2. The van der Waals surface area contributed by atoms with E-state index in [2.05, 4.69) is 0 Å². The van der Waals surface area contributed by atoms with Crippen molar-refractivity contribution in [1.82, 2.24) is 0 Å². The van der Waals surface area contributed by atoms with Crippen LogP contribution in [0.3, 0.4) is 0 Å². The molecule has 1 N–H and O–H groups in total. The average Bonchev–Trinajstić information content (AvgIpc) is 2.07. The zero-order chi connectivity index (χ0) is 10.0. The van der Waals surface area contributed by atoms with Crippen LogP contribution in [0.15, 0.2) is 12.1 Å². The van der Waals surface area contributed by atoms with Gasteiger partial charge in [0.25, 0.3) is 5.69 Å². The van der Waals surface area contributed by atoms with Crippen LogP contribution >= 0.6 is 34.2 Å². The van der Waals surface area contributed by atoms with Crippen LogP contribution in [0.4, 0.5) is 5.69 Å². The topological polar surface area (TPSA) is 63.4 Å². The fraction of sp³-hybridized carbons (Fsp3) is 0.143. The minimum absolute atomic E-state index is 0.0504. The molecule has 0 aliphatic rings. The van der Waals surface area contributed by atoms with E-state index >= 15 is 0 Å². The van der Waals surface area contributed by atoms with E-state index < -0.39 is 4.92 Å². The van der Waals surface area contributed by atoms with Crippen molar-refractivity contribution in [2.75, 3.05) is 0 Å². The van der Waals surface area contributed by atoms with E-state index in [1.807, 2.05) is 22.6 Å². The molecule has 4 nitrogen and oxygen atoms in total. The maximum atomic E-state index is 10.4. The van der Waals surface area contributed by atoms with Crippen molar-refractivity contribution in [1.29, 1.82) is 0 Å². The third kappa shape index (κ3) is 2.29. The molecule has 0 unspecified atom stereocenters. The molecule has 0 saturated carbocycles. The van der Waals surface area contributed by atoms with Crippen LogP contribution in [0.1, 0.15) is 5.56 Å². The summed E-state index contributed by atoms with van der Waals surface area (Å²) < 4.78 is 0.635. The predicted molar refractivity (Wildman–Crippen MR) is 56.7 cm³/mol. The summed E-state index contributed by atoms with van der Waals surface area (Å²) in [6, 6.07) is 2.75. The van der Waals surface area contributed by atoms with Crippen molar-refractivity contribution < 1.29 is 10.0 Å². The molecule has 0 atom stereocenters. The summed E-state index contributed by atoms with van der Waals surface area (Å²) in [5.41, 5.74) is 0.458. The zero-order valence-corrected chi connectivity index (χ0v) is 9.24. The van der Waals surface area contributed by atoms with Crippen LogP contribution in [0.2, 0.25) is 5.02 Å². The van der Waals surface area contributed by atoms with E-state index in [9.17, 15) is 10.1 Å². The molecule has 1 rings (SSSR count).